The Morgan fingerprint density at radius 1 is 1.24 bits per heavy atom. The summed E-state index contributed by atoms with van der Waals surface area (Å²) in [6.45, 7) is 8.43. The molecule has 1 saturated heterocycles. The van der Waals surface area contributed by atoms with Gasteiger partial charge in [0.25, 0.3) is 0 Å². The van der Waals surface area contributed by atoms with Gasteiger partial charge in [-0.1, -0.05) is 0 Å². The molecule has 180 valence electrons. The Balaban J connectivity index is 1.51. The van der Waals surface area contributed by atoms with Crippen LogP contribution in [0.4, 0.5) is 22.2 Å². The van der Waals surface area contributed by atoms with Crippen molar-refractivity contribution < 1.29 is 14.3 Å². The Morgan fingerprint density at radius 3 is 2.67 bits per heavy atom. The first kappa shape index (κ1) is 24.6. The van der Waals surface area contributed by atoms with Gasteiger partial charge >= 0.3 is 6.09 Å². The molecule has 2 heterocycles. The maximum absolute atomic E-state index is 12.2. The highest BCUT2D eigenvalue weighted by Gasteiger charge is 2.26. The second-order valence-corrected chi connectivity index (χ2v) is 9.25. The summed E-state index contributed by atoms with van der Waals surface area (Å²) in [4.78, 5) is 22.9. The van der Waals surface area contributed by atoms with Crippen LogP contribution in [0.2, 0.25) is 0 Å². The fourth-order valence-electron chi connectivity index (χ4n) is 3.75. The van der Waals surface area contributed by atoms with Crippen molar-refractivity contribution in [1.82, 2.24) is 14.9 Å². The Hall–Kier alpha value is -3.07. The maximum Gasteiger partial charge on any atom is 0.410 e. The number of aromatic nitrogens is 2. The summed E-state index contributed by atoms with van der Waals surface area (Å²) in [7, 11) is 1.65. The molecule has 9 nitrogen and oxygen atoms in total. The van der Waals surface area contributed by atoms with E-state index in [1.165, 1.54) is 0 Å². The first-order chi connectivity index (χ1) is 15.8. The van der Waals surface area contributed by atoms with Crippen molar-refractivity contribution >= 4 is 23.5 Å². The molecule has 0 radical (unpaired) electrons. The molecule has 4 N–H and O–H groups in total. The summed E-state index contributed by atoms with van der Waals surface area (Å²) in [5.41, 5.74) is 7.17. The van der Waals surface area contributed by atoms with E-state index in [-0.39, 0.29) is 6.09 Å². The zero-order valence-corrected chi connectivity index (χ0v) is 20.1. The van der Waals surface area contributed by atoms with Gasteiger partial charge in [-0.2, -0.15) is 4.98 Å². The van der Waals surface area contributed by atoms with E-state index in [0.717, 1.165) is 48.6 Å². The van der Waals surface area contributed by atoms with E-state index in [4.69, 9.17) is 15.2 Å². The van der Waals surface area contributed by atoms with Gasteiger partial charge in [0.1, 0.15) is 17.2 Å². The van der Waals surface area contributed by atoms with E-state index in [1.54, 1.807) is 18.2 Å². The fourth-order valence-corrected chi connectivity index (χ4v) is 3.75. The predicted octanol–water partition coefficient (Wildman–Crippen LogP) is 3.79. The number of carbonyl (C=O) groups excluding carboxylic acids is 1. The van der Waals surface area contributed by atoms with Gasteiger partial charge in [0, 0.05) is 31.5 Å². The highest BCUT2D eigenvalue weighted by molar-refractivity contribution is 5.68. The van der Waals surface area contributed by atoms with E-state index in [0.29, 0.717) is 31.5 Å². The van der Waals surface area contributed by atoms with Crippen molar-refractivity contribution in [2.24, 2.45) is 11.7 Å². The monoisotopic (exact) mass is 456 g/mol. The van der Waals surface area contributed by atoms with E-state index < -0.39 is 5.60 Å². The molecule has 33 heavy (non-hydrogen) atoms. The third-order valence-corrected chi connectivity index (χ3v) is 5.44. The molecule has 2 aromatic rings. The number of nitrogens with two attached hydrogens (primary N) is 1. The van der Waals surface area contributed by atoms with Gasteiger partial charge in [0.05, 0.1) is 7.11 Å². The zero-order valence-electron chi connectivity index (χ0n) is 20.1. The number of nitrogens with one attached hydrogen (secondary N) is 2. The maximum atomic E-state index is 12.2. The van der Waals surface area contributed by atoms with Gasteiger partial charge in [-0.05, 0) is 82.3 Å². The van der Waals surface area contributed by atoms with Gasteiger partial charge in [-0.3, -0.25) is 0 Å². The molecule has 1 aromatic heterocycles. The molecule has 1 aromatic carbocycles. The Labute approximate surface area is 196 Å². The number of anilines is 3. The molecule has 0 saturated carbocycles. The van der Waals surface area contributed by atoms with Crippen LogP contribution in [0.15, 0.2) is 30.5 Å². The van der Waals surface area contributed by atoms with E-state index in [2.05, 4.69) is 20.6 Å². The van der Waals surface area contributed by atoms with E-state index in [9.17, 15) is 4.79 Å². The summed E-state index contributed by atoms with van der Waals surface area (Å²) in [5.74, 6) is 2.57. The van der Waals surface area contributed by atoms with Crippen LogP contribution in [-0.2, 0) is 11.2 Å². The molecule has 1 aliphatic heterocycles. The zero-order chi connectivity index (χ0) is 23.8. The molecule has 0 spiro atoms. The summed E-state index contributed by atoms with van der Waals surface area (Å²) in [5, 5.41) is 6.66. The molecule has 1 amide bonds. The molecule has 1 fully saturated rings. The van der Waals surface area contributed by atoms with Gasteiger partial charge in [0.2, 0.25) is 5.95 Å². The number of likely N-dealkylation sites (tertiary alicyclic amines) is 1. The number of rotatable bonds is 8. The van der Waals surface area contributed by atoms with Crippen LogP contribution in [0.3, 0.4) is 0 Å². The van der Waals surface area contributed by atoms with Gasteiger partial charge in [0.15, 0.2) is 0 Å². The smallest absolute Gasteiger partial charge is 0.410 e. The van der Waals surface area contributed by atoms with Crippen LogP contribution in [0.25, 0.3) is 0 Å². The highest BCUT2D eigenvalue weighted by Crippen LogP contribution is 2.25. The van der Waals surface area contributed by atoms with Crippen molar-refractivity contribution in [3.05, 3.63) is 36.0 Å². The van der Waals surface area contributed by atoms with Crippen LogP contribution in [0.1, 0.15) is 39.2 Å². The summed E-state index contributed by atoms with van der Waals surface area (Å²) >= 11 is 0. The van der Waals surface area contributed by atoms with Crippen LogP contribution in [-0.4, -0.2) is 59.9 Å². The lowest BCUT2D eigenvalue weighted by molar-refractivity contribution is 0.0188. The van der Waals surface area contributed by atoms with E-state index in [1.807, 2.05) is 45.0 Å². The molecule has 0 bridgehead atoms. The van der Waals surface area contributed by atoms with Crippen molar-refractivity contribution in [1.29, 1.82) is 0 Å². The van der Waals surface area contributed by atoms with E-state index >= 15 is 0 Å². The summed E-state index contributed by atoms with van der Waals surface area (Å²) in [6, 6.07) is 7.71. The molecular formula is C24H36N6O3. The number of hydrogen-bond acceptors (Lipinski definition) is 8. The number of carbonyl (C=O) groups is 1. The average molecular weight is 457 g/mol. The number of ether oxygens (including phenoxy) is 2. The molecule has 9 heteroatoms. The van der Waals surface area contributed by atoms with Crippen molar-refractivity contribution in [3.8, 4) is 5.75 Å². The number of hydrogen-bond donors (Lipinski definition) is 3. The average Bonchev–Trinajstić information content (AvgIpc) is 2.78. The predicted molar refractivity (Wildman–Crippen MR) is 130 cm³/mol. The van der Waals surface area contributed by atoms with Crippen LogP contribution < -0.4 is 21.1 Å². The lowest BCUT2D eigenvalue weighted by Gasteiger charge is -2.33. The topological polar surface area (TPSA) is 115 Å². The number of methoxy groups -OCH3 is 1. The Kier molecular flexibility index (Phi) is 8.32. The number of benzene rings is 1. The fraction of sp³-hybridized carbons (Fsp3) is 0.542. The Bertz CT molecular complexity index is 923. The molecule has 3 rings (SSSR count). The molecule has 1 aliphatic rings. The van der Waals surface area contributed by atoms with Crippen molar-refractivity contribution in [3.63, 3.8) is 0 Å². The largest absolute Gasteiger partial charge is 0.496 e. The van der Waals surface area contributed by atoms with Crippen molar-refractivity contribution in [2.75, 3.05) is 43.9 Å². The minimum absolute atomic E-state index is 0.228. The summed E-state index contributed by atoms with van der Waals surface area (Å²) in [6.07, 6.45) is 4.09. The highest BCUT2D eigenvalue weighted by atomic mass is 16.6. The van der Waals surface area contributed by atoms with Gasteiger partial charge in [-0.25, -0.2) is 9.78 Å². The number of piperidine rings is 1. The van der Waals surface area contributed by atoms with Gasteiger partial charge < -0.3 is 30.7 Å². The third kappa shape index (κ3) is 7.49. The van der Waals surface area contributed by atoms with Gasteiger partial charge in [-0.15, -0.1) is 0 Å². The van der Waals surface area contributed by atoms with Crippen molar-refractivity contribution in [2.45, 2.75) is 45.6 Å². The second-order valence-electron chi connectivity index (χ2n) is 9.25. The normalized spacial score (nSPS) is 14.6. The molecule has 0 aliphatic carbocycles. The lowest BCUT2D eigenvalue weighted by atomic mass is 9.97. The second kappa shape index (κ2) is 11.2. The number of amides is 1. The first-order valence-electron chi connectivity index (χ1n) is 11.5. The minimum atomic E-state index is -0.466. The first-order valence-corrected chi connectivity index (χ1v) is 11.5. The molecule has 0 unspecified atom stereocenters. The van der Waals surface area contributed by atoms with Crippen LogP contribution in [0, 0.1) is 5.92 Å². The molecule has 0 atom stereocenters. The van der Waals surface area contributed by atoms with Crippen LogP contribution in [0.5, 0.6) is 5.75 Å². The lowest BCUT2D eigenvalue weighted by Crippen LogP contribution is -2.42. The minimum Gasteiger partial charge on any atom is -0.496 e. The Morgan fingerprint density at radius 2 is 2.00 bits per heavy atom. The van der Waals surface area contributed by atoms with Crippen LogP contribution >= 0.6 is 0 Å². The number of nitrogens with zero attached hydrogens (tertiary/aromatic N) is 3. The summed E-state index contributed by atoms with van der Waals surface area (Å²) < 4.78 is 10.9. The quantitative estimate of drug-likeness (QED) is 0.550. The standard InChI is InChI=1S/C24H36N6O3/c1-24(2,3)33-23(31)30-13-9-17(10-14-30)16-27-21-8-12-26-22(29-21)28-19-5-6-20(32-4)18(15-19)7-11-25/h5-6,8,12,15,17H,7,9-11,13-14,16,25H2,1-4H3,(H2,26,27,28,29). The SMILES string of the molecule is COc1ccc(Nc2nccc(NCC3CCN(C(=O)OC(C)(C)C)CC3)n2)cc1CCN. The third-order valence-electron chi connectivity index (χ3n) is 5.44. The molecular weight excluding hydrogens is 420 g/mol.